The van der Waals surface area contributed by atoms with Gasteiger partial charge in [-0.15, -0.1) is 0 Å². The summed E-state index contributed by atoms with van der Waals surface area (Å²) in [5, 5.41) is 13.8. The number of sulfonamides is 1. The number of nitro benzene ring substituents is 1. The molecular weight excluding hydrogens is 294 g/mol. The second kappa shape index (κ2) is 5.36. The minimum Gasteiger partial charge on any atom is -0.315 e. The van der Waals surface area contributed by atoms with Crippen LogP contribution in [0.2, 0.25) is 0 Å². The third-order valence-electron chi connectivity index (χ3n) is 3.92. The van der Waals surface area contributed by atoms with Crippen molar-refractivity contribution in [2.24, 2.45) is 0 Å². The van der Waals surface area contributed by atoms with E-state index < -0.39 is 14.9 Å². The smallest absolute Gasteiger partial charge is 0.269 e. The highest BCUT2D eigenvalue weighted by Gasteiger charge is 2.43. The number of rotatable bonds is 5. The van der Waals surface area contributed by atoms with Gasteiger partial charge in [-0.2, -0.15) is 4.31 Å². The molecule has 0 bridgehead atoms. The average Bonchev–Trinajstić information content (AvgIpc) is 3.13. The lowest BCUT2D eigenvalue weighted by Gasteiger charge is -2.27. The first kappa shape index (κ1) is 14.4. The van der Waals surface area contributed by atoms with Crippen LogP contribution in [0, 0.1) is 10.1 Å². The zero-order valence-corrected chi connectivity index (χ0v) is 12.3. The topological polar surface area (TPSA) is 92.5 Å². The Hall–Kier alpha value is -1.51. The molecule has 3 rings (SSSR count). The van der Waals surface area contributed by atoms with E-state index in [1.54, 1.807) is 4.31 Å². The first-order valence-electron chi connectivity index (χ1n) is 6.99. The van der Waals surface area contributed by atoms with Crippen molar-refractivity contribution in [1.29, 1.82) is 0 Å². The largest absolute Gasteiger partial charge is 0.315 e. The molecule has 1 saturated heterocycles. The molecule has 0 aromatic heterocycles. The molecule has 1 heterocycles. The lowest BCUT2D eigenvalue weighted by molar-refractivity contribution is -0.384. The summed E-state index contributed by atoms with van der Waals surface area (Å²) in [5.74, 6) is 0. The molecule has 1 aromatic carbocycles. The minimum atomic E-state index is -3.59. The maximum atomic E-state index is 12.8. The van der Waals surface area contributed by atoms with Gasteiger partial charge < -0.3 is 5.32 Å². The minimum absolute atomic E-state index is 0.0160. The van der Waals surface area contributed by atoms with Gasteiger partial charge in [-0.3, -0.25) is 10.1 Å². The van der Waals surface area contributed by atoms with E-state index in [0.717, 1.165) is 25.8 Å². The van der Waals surface area contributed by atoms with E-state index in [0.29, 0.717) is 6.54 Å². The standard InChI is InChI=1S/C13H17N3O4S/c17-16(18)11-3-5-13(6-4-11)21(19,20)15(10-1-2-10)12-7-8-14-9-12/h3-6,10,12,14H,1-2,7-9H2. The third kappa shape index (κ3) is 2.78. The zero-order chi connectivity index (χ0) is 15.0. The molecule has 1 aliphatic heterocycles. The quantitative estimate of drug-likeness (QED) is 0.649. The molecule has 1 N–H and O–H groups in total. The maximum Gasteiger partial charge on any atom is 0.269 e. The number of non-ortho nitro benzene ring substituents is 1. The number of hydrogen-bond acceptors (Lipinski definition) is 5. The molecule has 1 atom stereocenters. The molecule has 0 spiro atoms. The molecule has 21 heavy (non-hydrogen) atoms. The van der Waals surface area contributed by atoms with Crippen LogP contribution in [0.3, 0.4) is 0 Å². The molecule has 1 saturated carbocycles. The summed E-state index contributed by atoms with van der Waals surface area (Å²) < 4.78 is 27.2. The van der Waals surface area contributed by atoms with Crippen molar-refractivity contribution in [3.63, 3.8) is 0 Å². The fraction of sp³-hybridized carbons (Fsp3) is 0.538. The first-order chi connectivity index (χ1) is 10.00. The van der Waals surface area contributed by atoms with E-state index in [1.165, 1.54) is 24.3 Å². The molecule has 1 unspecified atom stereocenters. The summed E-state index contributed by atoms with van der Waals surface area (Å²) in [4.78, 5) is 10.3. The normalized spacial score (nSPS) is 22.6. The molecular formula is C13H17N3O4S. The van der Waals surface area contributed by atoms with Crippen LogP contribution in [0.25, 0.3) is 0 Å². The second-order valence-corrected chi connectivity index (χ2v) is 7.31. The van der Waals surface area contributed by atoms with Gasteiger partial charge >= 0.3 is 0 Å². The fourth-order valence-corrected chi connectivity index (χ4v) is 4.64. The number of nitro groups is 1. The molecule has 1 aromatic rings. The highest BCUT2D eigenvalue weighted by molar-refractivity contribution is 7.89. The number of nitrogens with zero attached hydrogens (tertiary/aromatic N) is 2. The van der Waals surface area contributed by atoms with Crippen LogP contribution in [0.1, 0.15) is 19.3 Å². The third-order valence-corrected chi connectivity index (χ3v) is 5.94. The second-order valence-electron chi connectivity index (χ2n) is 5.46. The van der Waals surface area contributed by atoms with Crippen LogP contribution < -0.4 is 5.32 Å². The Morgan fingerprint density at radius 1 is 1.14 bits per heavy atom. The van der Waals surface area contributed by atoms with Crippen LogP contribution in [0.15, 0.2) is 29.2 Å². The lowest BCUT2D eigenvalue weighted by Crippen LogP contribution is -2.43. The van der Waals surface area contributed by atoms with Gasteiger partial charge in [0.15, 0.2) is 0 Å². The maximum absolute atomic E-state index is 12.8. The van der Waals surface area contributed by atoms with Gasteiger partial charge in [0.05, 0.1) is 9.82 Å². The molecule has 114 valence electrons. The van der Waals surface area contributed by atoms with E-state index >= 15 is 0 Å². The Balaban J connectivity index is 1.91. The highest BCUT2D eigenvalue weighted by Crippen LogP contribution is 2.35. The van der Waals surface area contributed by atoms with E-state index in [4.69, 9.17) is 0 Å². The lowest BCUT2D eigenvalue weighted by atomic mass is 10.2. The SMILES string of the molecule is O=[N+]([O-])c1ccc(S(=O)(=O)N(C2CC2)C2CCNC2)cc1. The summed E-state index contributed by atoms with van der Waals surface area (Å²) in [6.45, 7) is 1.49. The van der Waals surface area contributed by atoms with E-state index in [9.17, 15) is 18.5 Å². The summed E-state index contributed by atoms with van der Waals surface area (Å²) in [5.41, 5.74) is -0.102. The Morgan fingerprint density at radius 2 is 1.81 bits per heavy atom. The van der Waals surface area contributed by atoms with Crippen molar-refractivity contribution < 1.29 is 13.3 Å². The first-order valence-corrected chi connectivity index (χ1v) is 8.43. The highest BCUT2D eigenvalue weighted by atomic mass is 32.2. The number of benzene rings is 1. The van der Waals surface area contributed by atoms with Crippen molar-refractivity contribution in [2.75, 3.05) is 13.1 Å². The Morgan fingerprint density at radius 3 is 2.29 bits per heavy atom. The average molecular weight is 311 g/mol. The van der Waals surface area contributed by atoms with E-state index in [-0.39, 0.29) is 22.7 Å². The number of nitrogens with one attached hydrogen (secondary N) is 1. The molecule has 0 amide bonds. The molecule has 0 radical (unpaired) electrons. The van der Waals surface area contributed by atoms with Gasteiger partial charge in [-0.25, -0.2) is 8.42 Å². The van der Waals surface area contributed by atoms with Crippen LogP contribution in [-0.4, -0.2) is 42.8 Å². The van der Waals surface area contributed by atoms with Crippen LogP contribution in [0.5, 0.6) is 0 Å². The molecule has 7 nitrogen and oxygen atoms in total. The van der Waals surface area contributed by atoms with Gasteiger partial charge in [-0.1, -0.05) is 0 Å². The van der Waals surface area contributed by atoms with Gasteiger partial charge in [0.25, 0.3) is 5.69 Å². The van der Waals surface area contributed by atoms with Gasteiger partial charge in [0, 0.05) is 30.8 Å². The fourth-order valence-electron chi connectivity index (χ4n) is 2.74. The van der Waals surface area contributed by atoms with Gasteiger partial charge in [0.2, 0.25) is 10.0 Å². The van der Waals surface area contributed by atoms with Crippen LogP contribution in [-0.2, 0) is 10.0 Å². The van der Waals surface area contributed by atoms with Crippen LogP contribution in [0.4, 0.5) is 5.69 Å². The van der Waals surface area contributed by atoms with Crippen molar-refractivity contribution >= 4 is 15.7 Å². The van der Waals surface area contributed by atoms with E-state index in [1.807, 2.05) is 0 Å². The van der Waals surface area contributed by atoms with Crippen molar-refractivity contribution in [3.05, 3.63) is 34.4 Å². The monoisotopic (exact) mass is 311 g/mol. The number of hydrogen-bond donors (Lipinski definition) is 1. The van der Waals surface area contributed by atoms with Crippen molar-refractivity contribution in [3.8, 4) is 0 Å². The molecule has 1 aliphatic carbocycles. The summed E-state index contributed by atoms with van der Waals surface area (Å²) >= 11 is 0. The predicted octanol–water partition coefficient (Wildman–Crippen LogP) is 1.11. The molecule has 8 heteroatoms. The van der Waals surface area contributed by atoms with Gasteiger partial charge in [0.1, 0.15) is 0 Å². The summed E-state index contributed by atoms with van der Waals surface area (Å²) in [6, 6.07) is 5.19. The zero-order valence-electron chi connectivity index (χ0n) is 11.4. The Labute approximate surface area is 123 Å². The van der Waals surface area contributed by atoms with Crippen molar-refractivity contribution in [2.45, 2.75) is 36.2 Å². The van der Waals surface area contributed by atoms with E-state index in [2.05, 4.69) is 5.32 Å². The Bertz CT molecular complexity index is 634. The summed E-state index contributed by atoms with van der Waals surface area (Å²) in [6.07, 6.45) is 2.59. The Kier molecular flexibility index (Phi) is 3.68. The summed E-state index contributed by atoms with van der Waals surface area (Å²) in [7, 11) is -3.59. The predicted molar refractivity (Wildman–Crippen MR) is 76.4 cm³/mol. The van der Waals surface area contributed by atoms with Crippen molar-refractivity contribution in [1.82, 2.24) is 9.62 Å². The van der Waals surface area contributed by atoms with Crippen LogP contribution >= 0.6 is 0 Å². The molecule has 2 fully saturated rings. The van der Waals surface area contributed by atoms with Gasteiger partial charge in [-0.05, 0) is 37.9 Å². The molecule has 2 aliphatic rings.